The molecule has 0 spiro atoms. The molecule has 0 aliphatic rings. The van der Waals surface area contributed by atoms with Gasteiger partial charge in [0.15, 0.2) is 0 Å². The largest absolute Gasteiger partial charge is 0.488 e. The maximum absolute atomic E-state index is 14.0. The SMILES string of the molecule is OC(CNCc1c(OCc2ccccc2F)ccc2ccccc12)c1ccccc1. The molecule has 4 heteroatoms. The van der Waals surface area contributed by atoms with Crippen molar-refractivity contribution in [3.8, 4) is 5.75 Å². The number of ether oxygens (including phenoxy) is 1. The summed E-state index contributed by atoms with van der Waals surface area (Å²) in [5, 5.41) is 15.9. The number of aliphatic hydroxyl groups excluding tert-OH is 1. The Labute approximate surface area is 175 Å². The van der Waals surface area contributed by atoms with Crippen molar-refractivity contribution in [1.29, 1.82) is 0 Å². The van der Waals surface area contributed by atoms with Gasteiger partial charge in [-0.1, -0.05) is 78.9 Å². The number of aliphatic hydroxyl groups is 1. The third-order valence-electron chi connectivity index (χ3n) is 5.16. The lowest BCUT2D eigenvalue weighted by molar-refractivity contribution is 0.174. The lowest BCUT2D eigenvalue weighted by Crippen LogP contribution is -2.21. The molecule has 30 heavy (non-hydrogen) atoms. The van der Waals surface area contributed by atoms with Crippen LogP contribution >= 0.6 is 0 Å². The molecule has 0 fully saturated rings. The van der Waals surface area contributed by atoms with Crippen LogP contribution in [0.25, 0.3) is 10.8 Å². The molecule has 0 aliphatic heterocycles. The molecule has 4 rings (SSSR count). The van der Waals surface area contributed by atoms with E-state index >= 15 is 0 Å². The highest BCUT2D eigenvalue weighted by Crippen LogP contribution is 2.29. The van der Waals surface area contributed by atoms with Gasteiger partial charge in [0, 0.05) is 24.2 Å². The maximum atomic E-state index is 14.0. The molecule has 1 unspecified atom stereocenters. The van der Waals surface area contributed by atoms with Gasteiger partial charge in [0.2, 0.25) is 0 Å². The second-order valence-electron chi connectivity index (χ2n) is 7.20. The van der Waals surface area contributed by atoms with Crippen LogP contribution in [0.2, 0.25) is 0 Å². The maximum Gasteiger partial charge on any atom is 0.129 e. The van der Waals surface area contributed by atoms with Gasteiger partial charge in [-0.05, 0) is 28.5 Å². The van der Waals surface area contributed by atoms with E-state index in [0.29, 0.717) is 24.4 Å². The first-order valence-corrected chi connectivity index (χ1v) is 10.0. The van der Waals surface area contributed by atoms with Crippen LogP contribution in [0.15, 0.2) is 91.0 Å². The smallest absolute Gasteiger partial charge is 0.129 e. The third kappa shape index (κ3) is 4.67. The van der Waals surface area contributed by atoms with Crippen LogP contribution in [0.1, 0.15) is 22.8 Å². The third-order valence-corrected chi connectivity index (χ3v) is 5.16. The van der Waals surface area contributed by atoms with Gasteiger partial charge in [-0.3, -0.25) is 0 Å². The van der Waals surface area contributed by atoms with Crippen LogP contribution < -0.4 is 10.1 Å². The zero-order chi connectivity index (χ0) is 20.8. The lowest BCUT2D eigenvalue weighted by Gasteiger charge is -2.17. The van der Waals surface area contributed by atoms with Gasteiger partial charge in [0.1, 0.15) is 18.2 Å². The van der Waals surface area contributed by atoms with Crippen LogP contribution in [-0.4, -0.2) is 11.7 Å². The lowest BCUT2D eigenvalue weighted by atomic mass is 10.0. The predicted octanol–water partition coefficient (Wildman–Crippen LogP) is 5.38. The van der Waals surface area contributed by atoms with Crippen LogP contribution in [0.5, 0.6) is 5.75 Å². The summed E-state index contributed by atoms with van der Waals surface area (Å²) < 4.78 is 20.0. The Morgan fingerprint density at radius 3 is 2.40 bits per heavy atom. The number of nitrogens with one attached hydrogen (secondary N) is 1. The summed E-state index contributed by atoms with van der Waals surface area (Å²) in [5.74, 6) is 0.433. The fourth-order valence-electron chi connectivity index (χ4n) is 3.53. The minimum Gasteiger partial charge on any atom is -0.488 e. The number of hydrogen-bond donors (Lipinski definition) is 2. The summed E-state index contributed by atoms with van der Waals surface area (Å²) in [6.45, 7) is 1.10. The van der Waals surface area contributed by atoms with Gasteiger partial charge >= 0.3 is 0 Å². The van der Waals surface area contributed by atoms with Crippen LogP contribution in [0, 0.1) is 5.82 Å². The normalized spacial score (nSPS) is 12.1. The fourth-order valence-corrected chi connectivity index (χ4v) is 3.53. The molecule has 0 aromatic heterocycles. The number of fused-ring (bicyclic) bond motifs is 1. The van der Waals surface area contributed by atoms with E-state index in [1.54, 1.807) is 18.2 Å². The molecule has 0 amide bonds. The Hall–Kier alpha value is -3.21. The first-order chi connectivity index (χ1) is 14.7. The van der Waals surface area contributed by atoms with Crippen molar-refractivity contribution in [3.05, 3.63) is 114 Å². The molecule has 3 nitrogen and oxygen atoms in total. The molecule has 0 saturated carbocycles. The molecule has 2 N–H and O–H groups in total. The van der Waals surface area contributed by atoms with Crippen molar-refractivity contribution >= 4 is 10.8 Å². The van der Waals surface area contributed by atoms with Crippen molar-refractivity contribution in [2.24, 2.45) is 0 Å². The number of benzene rings is 4. The predicted molar refractivity (Wildman–Crippen MR) is 118 cm³/mol. The first kappa shape index (κ1) is 20.1. The molecule has 0 aliphatic carbocycles. The zero-order valence-corrected chi connectivity index (χ0v) is 16.6. The summed E-state index contributed by atoms with van der Waals surface area (Å²) in [6.07, 6.45) is -0.594. The molecule has 0 heterocycles. The Kier molecular flexibility index (Phi) is 6.38. The van der Waals surface area contributed by atoms with Crippen LogP contribution in [0.3, 0.4) is 0 Å². The second-order valence-corrected chi connectivity index (χ2v) is 7.20. The van der Waals surface area contributed by atoms with Crippen LogP contribution in [0.4, 0.5) is 4.39 Å². The molecular formula is C26H24FNO2. The Bertz CT molecular complexity index is 1110. The van der Waals surface area contributed by atoms with Crippen molar-refractivity contribution in [2.75, 3.05) is 6.54 Å². The molecule has 4 aromatic rings. The average Bonchev–Trinajstić information content (AvgIpc) is 2.79. The van der Waals surface area contributed by atoms with Crippen LogP contribution in [-0.2, 0) is 13.2 Å². The Morgan fingerprint density at radius 1 is 0.833 bits per heavy atom. The van der Waals surface area contributed by atoms with Crippen molar-refractivity contribution in [3.63, 3.8) is 0 Å². The van der Waals surface area contributed by atoms with E-state index < -0.39 is 6.10 Å². The summed E-state index contributed by atoms with van der Waals surface area (Å²) in [5.41, 5.74) is 2.38. The monoisotopic (exact) mass is 401 g/mol. The minimum atomic E-state index is -0.594. The topological polar surface area (TPSA) is 41.5 Å². The van der Waals surface area contributed by atoms with Gasteiger partial charge in [-0.2, -0.15) is 0 Å². The quantitative estimate of drug-likeness (QED) is 0.416. The van der Waals surface area contributed by atoms with Crippen molar-refractivity contribution in [2.45, 2.75) is 19.3 Å². The van der Waals surface area contributed by atoms with Gasteiger partial charge in [-0.25, -0.2) is 4.39 Å². The number of hydrogen-bond acceptors (Lipinski definition) is 3. The highest BCUT2D eigenvalue weighted by atomic mass is 19.1. The summed E-state index contributed by atoms with van der Waals surface area (Å²) in [6, 6.07) is 28.2. The van der Waals surface area contributed by atoms with E-state index in [9.17, 15) is 9.50 Å². The fraction of sp³-hybridized carbons (Fsp3) is 0.154. The van der Waals surface area contributed by atoms with E-state index in [-0.39, 0.29) is 12.4 Å². The second kappa shape index (κ2) is 9.53. The molecule has 0 saturated heterocycles. The average molecular weight is 401 g/mol. The van der Waals surface area contributed by atoms with Crippen molar-refractivity contribution in [1.82, 2.24) is 5.32 Å². The highest BCUT2D eigenvalue weighted by molar-refractivity contribution is 5.87. The van der Waals surface area contributed by atoms with E-state index in [0.717, 1.165) is 21.9 Å². The summed E-state index contributed by atoms with van der Waals surface area (Å²) in [4.78, 5) is 0. The number of halogens is 1. The Balaban J connectivity index is 1.52. The standard InChI is InChI=1S/C26H24FNO2/c27-24-13-7-5-11-21(24)18-30-26-15-14-19-8-4-6-12-22(19)23(26)16-28-17-25(29)20-9-2-1-3-10-20/h1-15,25,28-29H,16-18H2. The number of rotatable bonds is 8. The van der Waals surface area contributed by atoms with Gasteiger partial charge < -0.3 is 15.2 Å². The minimum absolute atomic E-state index is 0.157. The molecule has 0 bridgehead atoms. The molecule has 0 radical (unpaired) electrons. The van der Waals surface area contributed by atoms with E-state index in [1.165, 1.54) is 6.07 Å². The summed E-state index contributed by atoms with van der Waals surface area (Å²) >= 11 is 0. The van der Waals surface area contributed by atoms with Gasteiger partial charge in [0.05, 0.1) is 6.10 Å². The molecule has 1 atom stereocenters. The van der Waals surface area contributed by atoms with Gasteiger partial charge in [0.25, 0.3) is 0 Å². The van der Waals surface area contributed by atoms with Crippen molar-refractivity contribution < 1.29 is 14.2 Å². The first-order valence-electron chi connectivity index (χ1n) is 10.0. The Morgan fingerprint density at radius 2 is 1.57 bits per heavy atom. The zero-order valence-electron chi connectivity index (χ0n) is 16.6. The van der Waals surface area contributed by atoms with E-state index in [1.807, 2.05) is 54.6 Å². The summed E-state index contributed by atoms with van der Waals surface area (Å²) in [7, 11) is 0. The van der Waals surface area contributed by atoms with E-state index in [2.05, 4.69) is 17.4 Å². The highest BCUT2D eigenvalue weighted by Gasteiger charge is 2.12. The molecule has 4 aromatic carbocycles. The molecule has 152 valence electrons. The molecular weight excluding hydrogens is 377 g/mol. The van der Waals surface area contributed by atoms with E-state index in [4.69, 9.17) is 4.74 Å². The van der Waals surface area contributed by atoms with Gasteiger partial charge in [-0.15, -0.1) is 0 Å².